The highest BCUT2D eigenvalue weighted by molar-refractivity contribution is 7.14. The lowest BCUT2D eigenvalue weighted by molar-refractivity contribution is -0.119. The summed E-state index contributed by atoms with van der Waals surface area (Å²) >= 11 is 1.52. The molecule has 2 unspecified atom stereocenters. The zero-order valence-corrected chi connectivity index (χ0v) is 11.9. The summed E-state index contributed by atoms with van der Waals surface area (Å²) in [7, 11) is 0. The Morgan fingerprint density at radius 1 is 1.37 bits per heavy atom. The van der Waals surface area contributed by atoms with E-state index < -0.39 is 0 Å². The Labute approximate surface area is 116 Å². The van der Waals surface area contributed by atoms with Crippen LogP contribution in [0.2, 0.25) is 0 Å². The molecule has 0 spiro atoms. The van der Waals surface area contributed by atoms with Crippen LogP contribution in [0.3, 0.4) is 0 Å². The first-order chi connectivity index (χ1) is 9.16. The van der Waals surface area contributed by atoms with Crippen LogP contribution in [0.4, 0.5) is 10.8 Å². The molecule has 19 heavy (non-hydrogen) atoms. The molecule has 1 saturated carbocycles. The van der Waals surface area contributed by atoms with Gasteiger partial charge >= 0.3 is 0 Å². The summed E-state index contributed by atoms with van der Waals surface area (Å²) in [5.41, 5.74) is 1.86. The largest absolute Gasteiger partial charge is 0.274 e. The number of hydrogen-bond acceptors (Lipinski definition) is 3. The van der Waals surface area contributed by atoms with Gasteiger partial charge in [0.2, 0.25) is 5.91 Å². The molecule has 0 bridgehead atoms. The zero-order valence-electron chi connectivity index (χ0n) is 11.0. The lowest BCUT2D eigenvalue weighted by Crippen LogP contribution is -2.27. The van der Waals surface area contributed by atoms with Crippen molar-refractivity contribution in [3.8, 4) is 0 Å². The highest BCUT2D eigenvalue weighted by Crippen LogP contribution is 2.42. The molecule has 1 heterocycles. The second-order valence-corrected chi connectivity index (χ2v) is 5.94. The number of thiazole rings is 1. The van der Waals surface area contributed by atoms with Crippen LogP contribution in [0, 0.1) is 18.8 Å². The Balaban J connectivity index is 1.98. The second-order valence-electron chi connectivity index (χ2n) is 5.10. The van der Waals surface area contributed by atoms with Gasteiger partial charge in [0.15, 0.2) is 5.13 Å². The van der Waals surface area contributed by atoms with Crippen LogP contribution in [-0.4, -0.2) is 10.9 Å². The Kier molecular flexibility index (Phi) is 3.11. The fourth-order valence-corrected chi connectivity index (χ4v) is 3.01. The minimum Gasteiger partial charge on any atom is -0.274 e. The van der Waals surface area contributed by atoms with Crippen LogP contribution in [0.25, 0.3) is 0 Å². The SMILES string of the molecule is Cc1csc(N(C(=O)C2CC2C)c2ccccc2)n1. The van der Waals surface area contributed by atoms with Crippen molar-refractivity contribution in [2.45, 2.75) is 20.3 Å². The number of carbonyl (C=O) groups excluding carboxylic acids is 1. The second kappa shape index (κ2) is 4.78. The van der Waals surface area contributed by atoms with Crippen LogP contribution in [-0.2, 0) is 4.79 Å². The first-order valence-corrected chi connectivity index (χ1v) is 7.36. The third-order valence-electron chi connectivity index (χ3n) is 3.46. The average molecular weight is 272 g/mol. The van der Waals surface area contributed by atoms with Gasteiger partial charge in [-0.05, 0) is 31.4 Å². The van der Waals surface area contributed by atoms with Crippen molar-refractivity contribution in [3.05, 3.63) is 41.4 Å². The number of anilines is 2. The molecular formula is C15H16N2OS. The molecule has 1 aromatic heterocycles. The van der Waals surface area contributed by atoms with Crippen LogP contribution in [0.15, 0.2) is 35.7 Å². The Morgan fingerprint density at radius 2 is 2.05 bits per heavy atom. The maximum Gasteiger partial charge on any atom is 0.236 e. The quantitative estimate of drug-likeness (QED) is 0.852. The van der Waals surface area contributed by atoms with E-state index in [0.29, 0.717) is 5.92 Å². The van der Waals surface area contributed by atoms with Gasteiger partial charge in [0.25, 0.3) is 0 Å². The molecule has 2 atom stereocenters. The topological polar surface area (TPSA) is 33.2 Å². The van der Waals surface area contributed by atoms with Crippen LogP contribution < -0.4 is 4.90 Å². The highest BCUT2D eigenvalue weighted by atomic mass is 32.1. The van der Waals surface area contributed by atoms with Gasteiger partial charge in [-0.15, -0.1) is 11.3 Å². The molecule has 0 aliphatic heterocycles. The summed E-state index contributed by atoms with van der Waals surface area (Å²) in [5.74, 6) is 0.831. The molecule has 3 nitrogen and oxygen atoms in total. The van der Waals surface area contributed by atoms with E-state index in [4.69, 9.17) is 0 Å². The number of hydrogen-bond donors (Lipinski definition) is 0. The Morgan fingerprint density at radius 3 is 2.58 bits per heavy atom. The van der Waals surface area contributed by atoms with Crippen LogP contribution in [0.1, 0.15) is 19.0 Å². The number of rotatable bonds is 3. The highest BCUT2D eigenvalue weighted by Gasteiger charge is 2.42. The molecule has 0 N–H and O–H groups in total. The molecular weight excluding hydrogens is 256 g/mol. The summed E-state index contributed by atoms with van der Waals surface area (Å²) in [6.45, 7) is 4.08. The van der Waals surface area contributed by atoms with E-state index in [1.54, 1.807) is 4.90 Å². The molecule has 98 valence electrons. The molecule has 0 saturated heterocycles. The molecule has 2 aromatic rings. The normalized spacial score (nSPS) is 21.2. The first kappa shape index (κ1) is 12.4. The number of aromatic nitrogens is 1. The average Bonchev–Trinajstić information content (AvgIpc) is 3.00. The monoisotopic (exact) mass is 272 g/mol. The van der Waals surface area contributed by atoms with Gasteiger partial charge < -0.3 is 0 Å². The third kappa shape index (κ3) is 2.40. The summed E-state index contributed by atoms with van der Waals surface area (Å²) in [4.78, 5) is 18.9. The van der Waals surface area contributed by atoms with Crippen molar-refractivity contribution >= 4 is 28.1 Å². The van der Waals surface area contributed by atoms with Crippen molar-refractivity contribution in [1.29, 1.82) is 0 Å². The predicted molar refractivity (Wildman–Crippen MR) is 77.7 cm³/mol. The standard InChI is InChI=1S/C15H16N2OS/c1-10-8-13(10)14(18)17(12-6-4-3-5-7-12)15-16-11(2)9-19-15/h3-7,9-10,13H,8H2,1-2H3. The Bertz CT molecular complexity index is 593. The maximum atomic E-state index is 12.6. The Hall–Kier alpha value is -1.68. The van der Waals surface area contributed by atoms with E-state index in [-0.39, 0.29) is 11.8 Å². The van der Waals surface area contributed by atoms with Gasteiger partial charge in [0, 0.05) is 11.3 Å². The number of carbonyl (C=O) groups is 1. The van der Waals surface area contributed by atoms with E-state index >= 15 is 0 Å². The third-order valence-corrected chi connectivity index (χ3v) is 4.40. The van der Waals surface area contributed by atoms with E-state index in [1.165, 1.54) is 11.3 Å². The van der Waals surface area contributed by atoms with Gasteiger partial charge in [-0.1, -0.05) is 25.1 Å². The van der Waals surface area contributed by atoms with E-state index in [2.05, 4.69) is 11.9 Å². The smallest absolute Gasteiger partial charge is 0.236 e. The summed E-state index contributed by atoms with van der Waals surface area (Å²) in [5, 5.41) is 2.75. The van der Waals surface area contributed by atoms with Crippen molar-refractivity contribution < 1.29 is 4.79 Å². The van der Waals surface area contributed by atoms with Crippen molar-refractivity contribution in [3.63, 3.8) is 0 Å². The predicted octanol–water partition coefficient (Wildman–Crippen LogP) is 3.77. The van der Waals surface area contributed by atoms with Gasteiger partial charge in [-0.25, -0.2) is 4.98 Å². The molecule has 4 heteroatoms. The number of nitrogens with zero attached hydrogens (tertiary/aromatic N) is 2. The molecule has 3 rings (SSSR count). The fraction of sp³-hybridized carbons (Fsp3) is 0.333. The number of benzene rings is 1. The fourth-order valence-electron chi connectivity index (χ4n) is 2.19. The summed E-state index contributed by atoms with van der Waals surface area (Å²) in [6, 6.07) is 9.78. The van der Waals surface area contributed by atoms with Gasteiger partial charge in [0.1, 0.15) is 0 Å². The van der Waals surface area contributed by atoms with Crippen molar-refractivity contribution in [1.82, 2.24) is 4.98 Å². The summed E-state index contributed by atoms with van der Waals surface area (Å²) < 4.78 is 0. The van der Waals surface area contributed by atoms with E-state index in [0.717, 1.165) is 22.9 Å². The van der Waals surface area contributed by atoms with E-state index in [1.807, 2.05) is 42.6 Å². The molecule has 1 fully saturated rings. The maximum absolute atomic E-state index is 12.6. The van der Waals surface area contributed by atoms with Gasteiger partial charge in [-0.3, -0.25) is 9.69 Å². The first-order valence-electron chi connectivity index (χ1n) is 6.48. The van der Waals surface area contributed by atoms with Crippen molar-refractivity contribution in [2.24, 2.45) is 11.8 Å². The minimum atomic E-state index is 0.157. The van der Waals surface area contributed by atoms with Crippen molar-refractivity contribution in [2.75, 3.05) is 4.90 Å². The van der Waals surface area contributed by atoms with Crippen LogP contribution in [0.5, 0.6) is 0 Å². The molecule has 1 aliphatic rings. The molecule has 1 aliphatic carbocycles. The molecule has 0 radical (unpaired) electrons. The lowest BCUT2D eigenvalue weighted by atomic mass is 10.2. The summed E-state index contributed by atoms with van der Waals surface area (Å²) in [6.07, 6.45) is 0.993. The van der Waals surface area contributed by atoms with Gasteiger partial charge in [-0.2, -0.15) is 0 Å². The number of aryl methyl sites for hydroxylation is 1. The lowest BCUT2D eigenvalue weighted by Gasteiger charge is -2.20. The number of para-hydroxylation sites is 1. The van der Waals surface area contributed by atoms with Crippen LogP contribution >= 0.6 is 11.3 Å². The van der Waals surface area contributed by atoms with E-state index in [9.17, 15) is 4.79 Å². The molecule has 1 amide bonds. The van der Waals surface area contributed by atoms with Gasteiger partial charge in [0.05, 0.1) is 11.4 Å². The zero-order chi connectivity index (χ0) is 13.4. The minimum absolute atomic E-state index is 0.157. The number of amides is 1. The molecule has 1 aromatic carbocycles.